The number of amides is 2. The van der Waals surface area contributed by atoms with Gasteiger partial charge in [-0.05, 0) is 24.3 Å². The lowest BCUT2D eigenvalue weighted by atomic mass is 10.1. The van der Waals surface area contributed by atoms with Crippen LogP contribution in [0.15, 0.2) is 47.3 Å². The van der Waals surface area contributed by atoms with Crippen molar-refractivity contribution in [2.45, 2.75) is 19.4 Å². The largest absolute Gasteiger partial charge is 0.496 e. The molecule has 2 amide bonds. The number of nitrogens with one attached hydrogen (secondary N) is 2. The highest BCUT2D eigenvalue weighted by Gasteiger charge is 2.25. The Hall–Kier alpha value is -3.39. The molecule has 2 heterocycles. The summed E-state index contributed by atoms with van der Waals surface area (Å²) in [6.07, 6.45) is 0.887. The number of para-hydroxylation sites is 1. The Morgan fingerprint density at radius 1 is 1.32 bits per heavy atom. The van der Waals surface area contributed by atoms with Gasteiger partial charge in [0.25, 0.3) is 5.56 Å². The smallest absolute Gasteiger partial charge is 0.322 e. The van der Waals surface area contributed by atoms with E-state index in [9.17, 15) is 14.0 Å². The van der Waals surface area contributed by atoms with Crippen molar-refractivity contribution in [2.75, 3.05) is 19.0 Å². The number of carbonyl (C=O) groups is 1. The summed E-state index contributed by atoms with van der Waals surface area (Å²) in [5, 5.41) is 2.60. The van der Waals surface area contributed by atoms with Crippen molar-refractivity contribution in [2.24, 2.45) is 0 Å². The molecule has 0 fully saturated rings. The van der Waals surface area contributed by atoms with E-state index in [1.807, 2.05) is 24.3 Å². The second kappa shape index (κ2) is 8.77. The van der Waals surface area contributed by atoms with Gasteiger partial charge in [0.15, 0.2) is 0 Å². The second-order valence-electron chi connectivity index (χ2n) is 7.16. The van der Waals surface area contributed by atoms with E-state index in [0.29, 0.717) is 42.2 Å². The number of fused-ring (bicyclic) bond motifs is 1. The number of nitrogens with zero attached hydrogens (tertiary/aromatic N) is 2. The Morgan fingerprint density at radius 2 is 2.13 bits per heavy atom. The third-order valence-electron chi connectivity index (χ3n) is 5.13. The Labute approximate surface area is 182 Å². The zero-order valence-corrected chi connectivity index (χ0v) is 17.5. The number of aromatic nitrogens is 2. The Bertz CT molecular complexity index is 1200. The summed E-state index contributed by atoms with van der Waals surface area (Å²) < 4.78 is 18.7. The van der Waals surface area contributed by atoms with Crippen molar-refractivity contribution < 1.29 is 13.9 Å². The van der Waals surface area contributed by atoms with E-state index in [-0.39, 0.29) is 17.1 Å². The fourth-order valence-corrected chi connectivity index (χ4v) is 3.72. The van der Waals surface area contributed by atoms with Crippen LogP contribution in [0.4, 0.5) is 14.9 Å². The van der Waals surface area contributed by atoms with E-state index >= 15 is 0 Å². The van der Waals surface area contributed by atoms with E-state index in [1.54, 1.807) is 7.11 Å². The molecule has 0 bridgehead atoms. The molecule has 2 N–H and O–H groups in total. The monoisotopic (exact) mass is 442 g/mol. The van der Waals surface area contributed by atoms with Crippen LogP contribution in [0.5, 0.6) is 5.75 Å². The van der Waals surface area contributed by atoms with Gasteiger partial charge in [0.1, 0.15) is 17.4 Å². The molecular formula is C22H20ClFN4O3. The molecule has 0 unspecified atom stereocenters. The summed E-state index contributed by atoms with van der Waals surface area (Å²) >= 11 is 5.76. The van der Waals surface area contributed by atoms with Crippen LogP contribution in [0.1, 0.15) is 22.6 Å². The molecule has 3 aromatic rings. The zero-order valence-electron chi connectivity index (χ0n) is 16.7. The molecule has 0 atom stereocenters. The Kier molecular flexibility index (Phi) is 5.90. The maximum Gasteiger partial charge on any atom is 0.322 e. The van der Waals surface area contributed by atoms with E-state index in [4.69, 9.17) is 16.3 Å². The average molecular weight is 443 g/mol. The van der Waals surface area contributed by atoms with Crippen molar-refractivity contribution in [3.8, 4) is 5.75 Å². The van der Waals surface area contributed by atoms with Crippen LogP contribution in [0, 0.1) is 5.82 Å². The van der Waals surface area contributed by atoms with Crippen LogP contribution in [0.2, 0.25) is 5.02 Å². The van der Waals surface area contributed by atoms with Crippen LogP contribution < -0.4 is 15.6 Å². The lowest BCUT2D eigenvalue weighted by molar-refractivity contribution is 0.205. The normalized spacial score (nSPS) is 12.9. The molecule has 0 spiro atoms. The minimum Gasteiger partial charge on any atom is -0.496 e. The first-order chi connectivity index (χ1) is 14.9. The molecule has 1 aromatic heterocycles. The number of hydrogen-bond acceptors (Lipinski definition) is 4. The minimum absolute atomic E-state index is 0.0787. The molecule has 1 aliphatic heterocycles. The highest BCUT2D eigenvalue weighted by Crippen LogP contribution is 2.22. The van der Waals surface area contributed by atoms with E-state index < -0.39 is 11.8 Å². The van der Waals surface area contributed by atoms with Gasteiger partial charge in [0.05, 0.1) is 29.9 Å². The fourth-order valence-electron chi connectivity index (χ4n) is 3.54. The first kappa shape index (κ1) is 20.9. The number of halogens is 2. The number of rotatable bonds is 4. The number of anilines is 1. The molecule has 160 valence electrons. The number of H-pyrrole nitrogens is 1. The minimum atomic E-state index is -0.562. The van der Waals surface area contributed by atoms with E-state index in [2.05, 4.69) is 15.3 Å². The molecule has 7 nitrogen and oxygen atoms in total. The predicted octanol–water partition coefficient (Wildman–Crippen LogP) is 3.75. The highest BCUT2D eigenvalue weighted by atomic mass is 35.5. The molecule has 0 radical (unpaired) electrons. The zero-order chi connectivity index (χ0) is 22.0. The molecule has 1 aliphatic rings. The molecule has 0 saturated heterocycles. The average Bonchev–Trinajstić information content (AvgIpc) is 2.76. The molecule has 2 aromatic carbocycles. The lowest BCUT2D eigenvalue weighted by Gasteiger charge is -2.28. The molecule has 0 saturated carbocycles. The maximum atomic E-state index is 13.3. The van der Waals surface area contributed by atoms with Crippen LogP contribution >= 0.6 is 11.6 Å². The van der Waals surface area contributed by atoms with E-state index in [1.165, 1.54) is 23.1 Å². The van der Waals surface area contributed by atoms with Crippen LogP contribution in [-0.2, 0) is 19.4 Å². The third kappa shape index (κ3) is 4.54. The van der Waals surface area contributed by atoms with Crippen LogP contribution in [0.3, 0.4) is 0 Å². The van der Waals surface area contributed by atoms with Gasteiger partial charge in [0.2, 0.25) is 0 Å². The number of benzene rings is 2. The number of hydrogen-bond donors (Lipinski definition) is 2. The van der Waals surface area contributed by atoms with Gasteiger partial charge < -0.3 is 19.9 Å². The summed E-state index contributed by atoms with van der Waals surface area (Å²) in [5.74, 6) is 0.715. The third-order valence-corrected chi connectivity index (χ3v) is 5.42. The first-order valence-electron chi connectivity index (χ1n) is 9.68. The summed E-state index contributed by atoms with van der Waals surface area (Å²) in [5.41, 5.74) is 2.17. The number of carbonyl (C=O) groups excluding carboxylic acids is 1. The topological polar surface area (TPSA) is 87.3 Å². The highest BCUT2D eigenvalue weighted by molar-refractivity contribution is 6.31. The first-order valence-corrected chi connectivity index (χ1v) is 10.1. The van der Waals surface area contributed by atoms with Gasteiger partial charge in [-0.15, -0.1) is 0 Å². The van der Waals surface area contributed by atoms with Gasteiger partial charge in [-0.2, -0.15) is 0 Å². The Morgan fingerprint density at radius 3 is 2.90 bits per heavy atom. The van der Waals surface area contributed by atoms with E-state index in [0.717, 1.165) is 11.3 Å². The fraction of sp³-hybridized carbons (Fsp3) is 0.227. The molecule has 4 rings (SSSR count). The molecule has 31 heavy (non-hydrogen) atoms. The number of methoxy groups -OCH3 is 1. The van der Waals surface area contributed by atoms with Crippen LogP contribution in [0.25, 0.3) is 0 Å². The molecule has 0 aliphatic carbocycles. The predicted molar refractivity (Wildman–Crippen MR) is 115 cm³/mol. The lowest BCUT2D eigenvalue weighted by Crippen LogP contribution is -2.42. The van der Waals surface area contributed by atoms with Crippen molar-refractivity contribution in [1.29, 1.82) is 0 Å². The van der Waals surface area contributed by atoms with Gasteiger partial charge in [-0.1, -0.05) is 29.8 Å². The van der Waals surface area contributed by atoms with Crippen molar-refractivity contribution >= 4 is 23.3 Å². The summed E-state index contributed by atoms with van der Waals surface area (Å²) in [4.78, 5) is 34.2. The number of aromatic amines is 1. The Balaban J connectivity index is 1.50. The van der Waals surface area contributed by atoms with Gasteiger partial charge >= 0.3 is 6.03 Å². The SMILES string of the molecule is COc1ccccc1Cc1nc2c(c(=O)[nH]1)CN(C(=O)Nc1ccc(F)c(Cl)c1)CC2. The quantitative estimate of drug-likeness (QED) is 0.644. The molecule has 9 heteroatoms. The molecular weight excluding hydrogens is 423 g/mol. The summed E-state index contributed by atoms with van der Waals surface area (Å²) in [6.45, 7) is 0.533. The van der Waals surface area contributed by atoms with Gasteiger partial charge in [-0.25, -0.2) is 14.2 Å². The van der Waals surface area contributed by atoms with Crippen molar-refractivity contribution in [1.82, 2.24) is 14.9 Å². The van der Waals surface area contributed by atoms with Crippen molar-refractivity contribution in [3.63, 3.8) is 0 Å². The standard InChI is InChI=1S/C22H20ClFN4O3/c1-31-19-5-3-2-4-13(19)10-20-26-18-8-9-28(12-15(18)21(29)27-20)22(30)25-14-6-7-17(24)16(23)11-14/h2-7,11H,8-10,12H2,1H3,(H,25,30)(H,26,27,29). The number of ether oxygens (including phenoxy) is 1. The van der Waals surface area contributed by atoms with Crippen molar-refractivity contribution in [3.05, 3.63) is 86.3 Å². The van der Waals surface area contributed by atoms with Gasteiger partial charge in [-0.3, -0.25) is 4.79 Å². The maximum absolute atomic E-state index is 13.3. The van der Waals surface area contributed by atoms with Gasteiger partial charge in [0, 0.05) is 30.6 Å². The summed E-state index contributed by atoms with van der Waals surface area (Å²) in [6, 6.07) is 11.1. The number of urea groups is 1. The van der Waals surface area contributed by atoms with Crippen LogP contribution in [-0.4, -0.2) is 34.6 Å². The second-order valence-corrected chi connectivity index (χ2v) is 7.56. The summed E-state index contributed by atoms with van der Waals surface area (Å²) in [7, 11) is 1.60.